The number of sulfone groups is 1. The molecule has 0 unspecified atom stereocenters. The van der Waals surface area contributed by atoms with Gasteiger partial charge in [0.2, 0.25) is 9.84 Å². The fourth-order valence-corrected chi connectivity index (χ4v) is 3.29. The van der Waals surface area contributed by atoms with Crippen molar-refractivity contribution < 1.29 is 21.4 Å². The van der Waals surface area contributed by atoms with Crippen LogP contribution in [0.4, 0.5) is 0 Å². The van der Waals surface area contributed by atoms with Gasteiger partial charge in [-0.25, -0.2) is 8.42 Å². The van der Waals surface area contributed by atoms with Crippen LogP contribution in [0.1, 0.15) is 0 Å². The molecule has 2 aromatic carbocycles. The Kier molecular flexibility index (Phi) is 3.44. The van der Waals surface area contributed by atoms with Gasteiger partial charge in [0.25, 0.3) is 10.1 Å². The lowest BCUT2D eigenvalue weighted by atomic mass is 10.4. The second-order valence-corrected chi connectivity index (χ2v) is 7.13. The lowest BCUT2D eigenvalue weighted by Gasteiger charge is -2.04. The van der Waals surface area contributed by atoms with E-state index in [9.17, 15) is 16.8 Å². The molecule has 0 saturated carbocycles. The average molecular weight is 298 g/mol. The zero-order chi connectivity index (χ0) is 14.1. The van der Waals surface area contributed by atoms with Crippen molar-refractivity contribution in [3.05, 3.63) is 54.6 Å². The van der Waals surface area contributed by atoms with Gasteiger partial charge in [-0.2, -0.15) is 8.42 Å². The Morgan fingerprint density at radius 2 is 1.05 bits per heavy atom. The molecule has 7 heteroatoms. The maximum absolute atomic E-state index is 12.2. The summed E-state index contributed by atoms with van der Waals surface area (Å²) in [6.07, 6.45) is 0. The minimum absolute atomic E-state index is 0.0360. The Labute approximate surface area is 111 Å². The van der Waals surface area contributed by atoms with Gasteiger partial charge in [0.05, 0.1) is 14.7 Å². The van der Waals surface area contributed by atoms with Crippen molar-refractivity contribution in [3.8, 4) is 0 Å². The summed E-state index contributed by atoms with van der Waals surface area (Å²) in [6.45, 7) is 0. The average Bonchev–Trinajstić information content (AvgIpc) is 2.39. The molecule has 0 aliphatic carbocycles. The van der Waals surface area contributed by atoms with Gasteiger partial charge in [-0.3, -0.25) is 4.55 Å². The third-order valence-corrected chi connectivity index (χ3v) is 5.14. The third kappa shape index (κ3) is 2.83. The summed E-state index contributed by atoms with van der Waals surface area (Å²) >= 11 is 0. The van der Waals surface area contributed by atoms with Gasteiger partial charge < -0.3 is 0 Å². The van der Waals surface area contributed by atoms with Crippen LogP contribution in [0, 0.1) is 0 Å². The third-order valence-electron chi connectivity index (χ3n) is 2.49. The zero-order valence-electron chi connectivity index (χ0n) is 9.59. The first kappa shape index (κ1) is 13.7. The highest BCUT2D eigenvalue weighted by Gasteiger charge is 2.18. The summed E-state index contributed by atoms with van der Waals surface area (Å²) < 4.78 is 54.9. The minimum Gasteiger partial charge on any atom is -0.282 e. The van der Waals surface area contributed by atoms with E-state index in [0.29, 0.717) is 0 Å². The molecule has 0 amide bonds. The monoisotopic (exact) mass is 298 g/mol. The highest BCUT2D eigenvalue weighted by Crippen LogP contribution is 2.21. The maximum atomic E-state index is 12.2. The van der Waals surface area contributed by atoms with E-state index in [0.717, 1.165) is 24.3 Å². The Morgan fingerprint density at radius 3 is 1.53 bits per heavy atom. The van der Waals surface area contributed by atoms with Crippen LogP contribution in [-0.2, 0) is 20.0 Å². The SMILES string of the molecule is O=S(=O)(O)c1ccc(S(=O)(=O)c2ccccc2)cc1. The van der Waals surface area contributed by atoms with Gasteiger partial charge >= 0.3 is 0 Å². The molecule has 0 aromatic heterocycles. The Morgan fingerprint density at radius 1 is 0.632 bits per heavy atom. The van der Waals surface area contributed by atoms with E-state index in [1.165, 1.54) is 12.1 Å². The number of hydrogen-bond acceptors (Lipinski definition) is 4. The van der Waals surface area contributed by atoms with E-state index >= 15 is 0 Å². The molecule has 0 fully saturated rings. The quantitative estimate of drug-likeness (QED) is 0.872. The van der Waals surface area contributed by atoms with E-state index < -0.39 is 20.0 Å². The van der Waals surface area contributed by atoms with Gasteiger partial charge in [0.15, 0.2) is 0 Å². The van der Waals surface area contributed by atoms with Crippen molar-refractivity contribution in [1.29, 1.82) is 0 Å². The summed E-state index contributed by atoms with van der Waals surface area (Å²) in [4.78, 5) is -0.264. The summed E-state index contributed by atoms with van der Waals surface area (Å²) in [7, 11) is -8.00. The largest absolute Gasteiger partial charge is 0.294 e. The first-order valence-electron chi connectivity index (χ1n) is 5.19. The van der Waals surface area contributed by atoms with E-state index in [1.54, 1.807) is 18.2 Å². The van der Waals surface area contributed by atoms with Crippen LogP contribution >= 0.6 is 0 Å². The summed E-state index contributed by atoms with van der Waals surface area (Å²) in [5.74, 6) is 0. The summed E-state index contributed by atoms with van der Waals surface area (Å²) in [5, 5.41) is 0. The smallest absolute Gasteiger partial charge is 0.282 e. The number of rotatable bonds is 3. The Balaban J connectivity index is 2.49. The highest BCUT2D eigenvalue weighted by atomic mass is 32.2. The van der Waals surface area contributed by atoms with Gasteiger partial charge in [-0.05, 0) is 36.4 Å². The predicted octanol–water partition coefficient (Wildman–Crippen LogP) is 1.77. The van der Waals surface area contributed by atoms with Crippen molar-refractivity contribution >= 4 is 20.0 Å². The topological polar surface area (TPSA) is 88.5 Å². The Hall–Kier alpha value is -1.70. The fraction of sp³-hybridized carbons (Fsp3) is 0. The lowest BCUT2D eigenvalue weighted by molar-refractivity contribution is 0.483. The van der Waals surface area contributed by atoms with Crippen molar-refractivity contribution in [2.45, 2.75) is 14.7 Å². The van der Waals surface area contributed by atoms with E-state index in [4.69, 9.17) is 4.55 Å². The molecule has 0 saturated heterocycles. The summed E-state index contributed by atoms with van der Waals surface area (Å²) in [6, 6.07) is 12.2. The zero-order valence-corrected chi connectivity index (χ0v) is 11.2. The molecule has 0 spiro atoms. The molecule has 100 valence electrons. The number of benzene rings is 2. The normalized spacial score (nSPS) is 12.3. The standard InChI is InChI=1S/C12H10O5S2/c13-18(14,10-4-2-1-3-5-10)11-6-8-12(9-7-11)19(15,16)17/h1-9H,(H,15,16,17). The molecule has 0 radical (unpaired) electrons. The van der Waals surface area contributed by atoms with E-state index in [1.807, 2.05) is 0 Å². The van der Waals surface area contributed by atoms with Crippen LogP contribution in [0.15, 0.2) is 69.3 Å². The molecule has 0 heterocycles. The van der Waals surface area contributed by atoms with Crippen molar-refractivity contribution in [2.24, 2.45) is 0 Å². The van der Waals surface area contributed by atoms with Crippen LogP contribution in [0.2, 0.25) is 0 Å². The van der Waals surface area contributed by atoms with Crippen molar-refractivity contribution in [3.63, 3.8) is 0 Å². The molecule has 2 rings (SSSR count). The molecule has 0 atom stereocenters. The second-order valence-electron chi connectivity index (χ2n) is 3.76. The predicted molar refractivity (Wildman–Crippen MR) is 68.2 cm³/mol. The highest BCUT2D eigenvalue weighted by molar-refractivity contribution is 7.91. The fourth-order valence-electron chi connectivity index (χ4n) is 1.53. The van der Waals surface area contributed by atoms with Crippen LogP contribution in [0.3, 0.4) is 0 Å². The lowest BCUT2D eigenvalue weighted by Crippen LogP contribution is -2.03. The van der Waals surface area contributed by atoms with Gasteiger partial charge in [-0.1, -0.05) is 18.2 Å². The molecule has 1 N–H and O–H groups in total. The first-order chi connectivity index (χ1) is 8.82. The van der Waals surface area contributed by atoms with Crippen LogP contribution in [0.25, 0.3) is 0 Å². The first-order valence-corrected chi connectivity index (χ1v) is 8.12. The molecule has 19 heavy (non-hydrogen) atoms. The van der Waals surface area contributed by atoms with Gasteiger partial charge in [-0.15, -0.1) is 0 Å². The maximum Gasteiger partial charge on any atom is 0.294 e. The molecule has 0 bridgehead atoms. The Bertz CT molecular complexity index is 776. The molecular weight excluding hydrogens is 288 g/mol. The molecule has 0 aliphatic heterocycles. The summed E-state index contributed by atoms with van der Waals surface area (Å²) in [5.41, 5.74) is 0. The molecule has 0 aliphatic rings. The molecule has 2 aromatic rings. The van der Waals surface area contributed by atoms with Gasteiger partial charge in [0, 0.05) is 0 Å². The van der Waals surface area contributed by atoms with Gasteiger partial charge in [0.1, 0.15) is 0 Å². The second kappa shape index (κ2) is 4.76. The van der Waals surface area contributed by atoms with Crippen molar-refractivity contribution in [1.82, 2.24) is 0 Å². The van der Waals surface area contributed by atoms with E-state index in [2.05, 4.69) is 0 Å². The number of hydrogen-bond donors (Lipinski definition) is 1. The van der Waals surface area contributed by atoms with Crippen LogP contribution < -0.4 is 0 Å². The minimum atomic E-state index is -4.32. The van der Waals surface area contributed by atoms with Crippen molar-refractivity contribution in [2.75, 3.05) is 0 Å². The molecule has 5 nitrogen and oxygen atoms in total. The van der Waals surface area contributed by atoms with Crippen LogP contribution in [-0.4, -0.2) is 21.4 Å². The van der Waals surface area contributed by atoms with Crippen LogP contribution in [0.5, 0.6) is 0 Å². The molecular formula is C12H10O5S2. The van der Waals surface area contributed by atoms with E-state index in [-0.39, 0.29) is 14.7 Å².